The lowest BCUT2D eigenvalue weighted by Crippen LogP contribution is -2.48. The monoisotopic (exact) mass is 492 g/mol. The summed E-state index contributed by atoms with van der Waals surface area (Å²) in [7, 11) is -3.55. The van der Waals surface area contributed by atoms with E-state index in [9.17, 15) is 13.2 Å². The van der Waals surface area contributed by atoms with Crippen LogP contribution in [0.25, 0.3) is 0 Å². The van der Waals surface area contributed by atoms with Crippen molar-refractivity contribution in [2.45, 2.75) is 62.7 Å². The summed E-state index contributed by atoms with van der Waals surface area (Å²) >= 11 is 1.21. The number of carbonyl (C=O) groups excluding carboxylic acids is 1. The van der Waals surface area contributed by atoms with Gasteiger partial charge in [0.25, 0.3) is 10.0 Å². The second-order valence-electron chi connectivity index (χ2n) is 8.69. The van der Waals surface area contributed by atoms with Gasteiger partial charge in [-0.25, -0.2) is 13.4 Å². The molecule has 2 aliphatic rings. The molecule has 0 spiro atoms. The number of hydrogen-bond donors (Lipinski definition) is 2. The third kappa shape index (κ3) is 6.01. The first-order valence-electron chi connectivity index (χ1n) is 11.5. The van der Waals surface area contributed by atoms with Gasteiger partial charge in [0.05, 0.1) is 6.54 Å². The Labute approximate surface area is 199 Å². The molecule has 1 aliphatic heterocycles. The number of aromatic nitrogens is 2. The largest absolute Gasteiger partial charge is 0.354 e. The van der Waals surface area contributed by atoms with Crippen LogP contribution in [-0.4, -0.2) is 60.8 Å². The number of thiophene rings is 1. The number of piperazine rings is 1. The normalized spacial score (nSPS) is 18.3. The van der Waals surface area contributed by atoms with Crippen LogP contribution in [0.5, 0.6) is 0 Å². The number of carbonyl (C=O) groups is 1. The maximum atomic E-state index is 13.1. The number of aryl methyl sites for hydroxylation is 1. The molecule has 2 aromatic rings. The van der Waals surface area contributed by atoms with Gasteiger partial charge in [-0.2, -0.15) is 9.29 Å². The van der Waals surface area contributed by atoms with Crippen molar-refractivity contribution in [2.75, 3.05) is 36.4 Å². The van der Waals surface area contributed by atoms with Crippen molar-refractivity contribution in [1.82, 2.24) is 19.6 Å². The van der Waals surface area contributed by atoms with Crippen LogP contribution in [-0.2, 0) is 21.4 Å². The molecule has 0 unspecified atom stereocenters. The lowest BCUT2D eigenvalue weighted by molar-refractivity contribution is -0.119. The third-order valence-corrected chi connectivity index (χ3v) is 9.54. The number of nitrogens with one attached hydrogen (secondary N) is 2. The number of amides is 1. The second kappa shape index (κ2) is 10.4. The van der Waals surface area contributed by atoms with Gasteiger partial charge in [0.2, 0.25) is 11.9 Å². The molecule has 2 aromatic heterocycles. The van der Waals surface area contributed by atoms with Crippen molar-refractivity contribution in [3.63, 3.8) is 0 Å². The maximum absolute atomic E-state index is 13.1. The van der Waals surface area contributed by atoms with Gasteiger partial charge in [-0.15, -0.1) is 11.3 Å². The second-order valence-corrected chi connectivity index (χ2v) is 12.0. The van der Waals surface area contributed by atoms with E-state index in [0.717, 1.165) is 29.2 Å². The molecule has 9 nitrogen and oxygen atoms in total. The quantitative estimate of drug-likeness (QED) is 0.612. The summed E-state index contributed by atoms with van der Waals surface area (Å²) < 4.78 is 28.1. The Morgan fingerprint density at radius 1 is 1.12 bits per heavy atom. The first-order valence-corrected chi connectivity index (χ1v) is 13.8. The summed E-state index contributed by atoms with van der Waals surface area (Å²) in [6, 6.07) is 5.77. The van der Waals surface area contributed by atoms with E-state index in [1.807, 2.05) is 13.0 Å². The van der Waals surface area contributed by atoms with Gasteiger partial charge in [0, 0.05) is 55.8 Å². The molecule has 0 atom stereocenters. The average molecular weight is 493 g/mol. The molecule has 1 aliphatic carbocycles. The molecule has 0 bridgehead atoms. The number of rotatable bonds is 7. The summed E-state index contributed by atoms with van der Waals surface area (Å²) in [6.07, 6.45) is 6.09. The van der Waals surface area contributed by atoms with Crippen LogP contribution in [0.4, 0.5) is 11.8 Å². The minimum absolute atomic E-state index is 0.138. The molecule has 33 heavy (non-hydrogen) atoms. The van der Waals surface area contributed by atoms with E-state index >= 15 is 0 Å². The van der Waals surface area contributed by atoms with Crippen LogP contribution in [0.15, 0.2) is 22.4 Å². The SMILES string of the molecule is CC(=O)NCc1ccc(S(=O)(=O)N2CCN(c3cc(C)nc(NC4CCCCC4)n3)CC2)s1. The van der Waals surface area contributed by atoms with Crippen LogP contribution in [0.3, 0.4) is 0 Å². The summed E-state index contributed by atoms with van der Waals surface area (Å²) in [5.74, 6) is 1.37. The molecule has 180 valence electrons. The van der Waals surface area contributed by atoms with Crippen LogP contribution in [0.2, 0.25) is 0 Å². The fourth-order valence-electron chi connectivity index (χ4n) is 4.30. The molecule has 3 heterocycles. The minimum Gasteiger partial charge on any atom is -0.354 e. The Morgan fingerprint density at radius 3 is 2.55 bits per heavy atom. The van der Waals surface area contributed by atoms with Gasteiger partial charge in [0.15, 0.2) is 0 Å². The number of anilines is 2. The highest BCUT2D eigenvalue weighted by Gasteiger charge is 2.30. The molecule has 1 amide bonds. The Kier molecular flexibility index (Phi) is 7.50. The van der Waals surface area contributed by atoms with E-state index in [4.69, 9.17) is 4.98 Å². The lowest BCUT2D eigenvalue weighted by atomic mass is 9.96. The fourth-order valence-corrected chi connectivity index (χ4v) is 7.17. The summed E-state index contributed by atoms with van der Waals surface area (Å²) in [5.41, 5.74) is 0.902. The highest BCUT2D eigenvalue weighted by atomic mass is 32.2. The molecule has 2 N–H and O–H groups in total. The maximum Gasteiger partial charge on any atom is 0.252 e. The topological polar surface area (TPSA) is 108 Å². The predicted octanol–water partition coefficient (Wildman–Crippen LogP) is 2.74. The molecule has 2 fully saturated rings. The molecule has 0 aromatic carbocycles. The Hall–Kier alpha value is -2.24. The smallest absolute Gasteiger partial charge is 0.252 e. The first-order chi connectivity index (χ1) is 15.8. The zero-order chi connectivity index (χ0) is 23.4. The van der Waals surface area contributed by atoms with Crippen LogP contribution in [0, 0.1) is 6.92 Å². The van der Waals surface area contributed by atoms with Crippen LogP contribution in [0.1, 0.15) is 49.6 Å². The van der Waals surface area contributed by atoms with E-state index in [-0.39, 0.29) is 5.91 Å². The molecule has 1 saturated heterocycles. The van der Waals surface area contributed by atoms with Gasteiger partial charge in [0.1, 0.15) is 10.0 Å². The summed E-state index contributed by atoms with van der Waals surface area (Å²) in [6.45, 7) is 5.69. The third-order valence-electron chi connectivity index (χ3n) is 6.08. The Bertz CT molecular complexity index is 1070. The van der Waals surface area contributed by atoms with Crippen LogP contribution >= 0.6 is 11.3 Å². The van der Waals surface area contributed by atoms with Crippen molar-refractivity contribution >= 4 is 39.0 Å². The minimum atomic E-state index is -3.55. The fraction of sp³-hybridized carbons (Fsp3) is 0.591. The lowest BCUT2D eigenvalue weighted by Gasteiger charge is -2.34. The average Bonchev–Trinajstić information content (AvgIpc) is 3.28. The van der Waals surface area contributed by atoms with E-state index < -0.39 is 10.0 Å². The number of hydrogen-bond acceptors (Lipinski definition) is 8. The van der Waals surface area contributed by atoms with Gasteiger partial charge >= 0.3 is 0 Å². The van der Waals surface area contributed by atoms with Crippen molar-refractivity contribution < 1.29 is 13.2 Å². The van der Waals surface area contributed by atoms with Crippen molar-refractivity contribution in [2.24, 2.45) is 0 Å². The predicted molar refractivity (Wildman–Crippen MR) is 130 cm³/mol. The first kappa shape index (κ1) is 23.9. The zero-order valence-corrected chi connectivity index (χ0v) is 20.8. The van der Waals surface area contributed by atoms with Crippen molar-refractivity contribution in [3.8, 4) is 0 Å². The molecule has 4 rings (SSSR count). The molecule has 1 saturated carbocycles. The van der Waals surface area contributed by atoms with Gasteiger partial charge < -0.3 is 15.5 Å². The van der Waals surface area contributed by atoms with Gasteiger partial charge in [-0.1, -0.05) is 19.3 Å². The molecular weight excluding hydrogens is 460 g/mol. The Morgan fingerprint density at radius 2 is 1.85 bits per heavy atom. The van der Waals surface area contributed by atoms with Crippen molar-refractivity contribution in [3.05, 3.63) is 28.8 Å². The number of nitrogens with zero attached hydrogens (tertiary/aromatic N) is 4. The molecular formula is C22H32N6O3S2. The standard InChI is InChI=1S/C22H32N6O3S2/c1-16-14-20(26-22(24-16)25-18-6-4-3-5-7-18)27-10-12-28(13-11-27)33(30,31)21-9-8-19(32-21)15-23-17(2)29/h8-9,14,18H,3-7,10-13,15H2,1-2H3,(H,23,29)(H,24,25,26). The zero-order valence-electron chi connectivity index (χ0n) is 19.2. The highest BCUT2D eigenvalue weighted by Crippen LogP contribution is 2.27. The van der Waals surface area contributed by atoms with E-state index in [0.29, 0.717) is 48.9 Å². The Balaban J connectivity index is 1.38. The van der Waals surface area contributed by atoms with Gasteiger partial charge in [-0.3, -0.25) is 4.79 Å². The van der Waals surface area contributed by atoms with Crippen molar-refractivity contribution in [1.29, 1.82) is 0 Å². The highest BCUT2D eigenvalue weighted by molar-refractivity contribution is 7.91. The summed E-state index contributed by atoms with van der Waals surface area (Å²) in [5, 5.41) is 6.20. The molecule has 11 heteroatoms. The van der Waals surface area contributed by atoms with Gasteiger partial charge in [-0.05, 0) is 31.9 Å². The van der Waals surface area contributed by atoms with E-state index in [1.165, 1.54) is 41.8 Å². The van der Waals surface area contributed by atoms with E-state index in [2.05, 4.69) is 20.5 Å². The molecule has 0 radical (unpaired) electrons. The number of sulfonamides is 1. The van der Waals surface area contributed by atoms with Crippen LogP contribution < -0.4 is 15.5 Å². The van der Waals surface area contributed by atoms with E-state index in [1.54, 1.807) is 12.1 Å². The summed E-state index contributed by atoms with van der Waals surface area (Å²) in [4.78, 5) is 23.4.